The molecule has 0 aliphatic carbocycles. The van der Waals surface area contributed by atoms with Crippen LogP contribution in [-0.2, 0) is 6.42 Å². The molecule has 2 aromatic heterocycles. The second-order valence-electron chi connectivity index (χ2n) is 4.42. The number of pyridine rings is 1. The van der Waals surface area contributed by atoms with E-state index in [-0.39, 0.29) is 0 Å². The third-order valence-electron chi connectivity index (χ3n) is 3.03. The normalized spacial score (nSPS) is 12.7. The Kier molecular flexibility index (Phi) is 3.51. The minimum Gasteiger partial charge on any atom is -0.388 e. The zero-order valence-electron chi connectivity index (χ0n) is 10.1. The highest BCUT2D eigenvalue weighted by atomic mass is 35.5. The van der Waals surface area contributed by atoms with Crippen molar-refractivity contribution in [3.63, 3.8) is 0 Å². The third-order valence-corrected chi connectivity index (χ3v) is 4.11. The van der Waals surface area contributed by atoms with Gasteiger partial charge in [0, 0.05) is 23.2 Å². The summed E-state index contributed by atoms with van der Waals surface area (Å²) in [5, 5.41) is 13.0. The first-order chi connectivity index (χ1) is 9.22. The first-order valence-electron chi connectivity index (χ1n) is 5.98. The van der Waals surface area contributed by atoms with Crippen molar-refractivity contribution in [1.82, 2.24) is 4.98 Å². The molecule has 3 aromatic rings. The van der Waals surface area contributed by atoms with Crippen LogP contribution in [0.25, 0.3) is 10.2 Å². The van der Waals surface area contributed by atoms with Crippen molar-refractivity contribution < 1.29 is 5.11 Å². The van der Waals surface area contributed by atoms with Crippen LogP contribution < -0.4 is 0 Å². The van der Waals surface area contributed by atoms with Gasteiger partial charge in [-0.1, -0.05) is 23.7 Å². The van der Waals surface area contributed by atoms with Gasteiger partial charge < -0.3 is 5.11 Å². The second kappa shape index (κ2) is 5.29. The molecule has 1 aromatic carbocycles. The van der Waals surface area contributed by atoms with Gasteiger partial charge in [0.25, 0.3) is 0 Å². The molecule has 19 heavy (non-hydrogen) atoms. The quantitative estimate of drug-likeness (QED) is 0.783. The van der Waals surface area contributed by atoms with Gasteiger partial charge >= 0.3 is 0 Å². The molecule has 0 aliphatic heterocycles. The molecule has 4 heteroatoms. The topological polar surface area (TPSA) is 33.1 Å². The van der Waals surface area contributed by atoms with E-state index in [0.717, 1.165) is 21.3 Å². The SMILES string of the molecule is OC(Cc1cccc(Cl)c1)c1cnc2ccsc2c1. The molecule has 0 aliphatic rings. The molecule has 0 saturated carbocycles. The van der Waals surface area contributed by atoms with Crippen LogP contribution in [0, 0.1) is 0 Å². The van der Waals surface area contributed by atoms with Crippen molar-refractivity contribution in [3.8, 4) is 0 Å². The Morgan fingerprint density at radius 3 is 3.00 bits per heavy atom. The van der Waals surface area contributed by atoms with E-state index in [4.69, 9.17) is 11.6 Å². The highest BCUT2D eigenvalue weighted by Crippen LogP contribution is 2.25. The van der Waals surface area contributed by atoms with E-state index in [2.05, 4.69) is 4.98 Å². The number of nitrogens with zero attached hydrogens (tertiary/aromatic N) is 1. The van der Waals surface area contributed by atoms with Gasteiger partial charge in [0.2, 0.25) is 0 Å². The van der Waals surface area contributed by atoms with E-state index in [0.29, 0.717) is 11.4 Å². The van der Waals surface area contributed by atoms with Crippen LogP contribution >= 0.6 is 22.9 Å². The van der Waals surface area contributed by atoms with Gasteiger partial charge in [-0.25, -0.2) is 0 Å². The Hall–Kier alpha value is -1.42. The van der Waals surface area contributed by atoms with Crippen LogP contribution in [0.4, 0.5) is 0 Å². The van der Waals surface area contributed by atoms with Crippen LogP contribution in [0.15, 0.2) is 48.0 Å². The minimum atomic E-state index is -0.558. The fraction of sp³-hybridized carbons (Fsp3) is 0.133. The third kappa shape index (κ3) is 2.78. The van der Waals surface area contributed by atoms with Crippen molar-refractivity contribution in [1.29, 1.82) is 0 Å². The van der Waals surface area contributed by atoms with E-state index in [1.807, 2.05) is 41.8 Å². The van der Waals surface area contributed by atoms with E-state index < -0.39 is 6.10 Å². The van der Waals surface area contributed by atoms with Gasteiger partial charge in [-0.15, -0.1) is 11.3 Å². The molecule has 3 rings (SSSR count). The molecule has 1 atom stereocenters. The summed E-state index contributed by atoms with van der Waals surface area (Å²) in [6.07, 6.45) is 1.72. The molecular weight excluding hydrogens is 278 g/mol. The van der Waals surface area contributed by atoms with Crippen LogP contribution in [0.3, 0.4) is 0 Å². The van der Waals surface area contributed by atoms with Crippen molar-refractivity contribution in [3.05, 3.63) is 64.1 Å². The number of aliphatic hydroxyl groups is 1. The highest BCUT2D eigenvalue weighted by Gasteiger charge is 2.10. The van der Waals surface area contributed by atoms with Crippen molar-refractivity contribution in [2.75, 3.05) is 0 Å². The van der Waals surface area contributed by atoms with Gasteiger partial charge in [0.05, 0.1) is 16.3 Å². The summed E-state index contributed by atoms with van der Waals surface area (Å²) in [6.45, 7) is 0. The average Bonchev–Trinajstić information content (AvgIpc) is 2.85. The van der Waals surface area contributed by atoms with Gasteiger partial charge in [-0.3, -0.25) is 4.98 Å². The summed E-state index contributed by atoms with van der Waals surface area (Å²) in [7, 11) is 0. The molecule has 0 fully saturated rings. The van der Waals surface area contributed by atoms with Gasteiger partial charge in [-0.2, -0.15) is 0 Å². The maximum Gasteiger partial charge on any atom is 0.0845 e. The van der Waals surface area contributed by atoms with Crippen LogP contribution in [0.1, 0.15) is 17.2 Å². The molecule has 1 N–H and O–H groups in total. The molecule has 0 bridgehead atoms. The number of hydrogen-bond acceptors (Lipinski definition) is 3. The number of benzene rings is 1. The van der Waals surface area contributed by atoms with E-state index in [1.165, 1.54) is 0 Å². The summed E-state index contributed by atoms with van der Waals surface area (Å²) < 4.78 is 1.10. The zero-order chi connectivity index (χ0) is 13.2. The molecule has 96 valence electrons. The number of hydrogen-bond donors (Lipinski definition) is 1. The van der Waals surface area contributed by atoms with Crippen LogP contribution in [0.5, 0.6) is 0 Å². The number of fused-ring (bicyclic) bond motifs is 1. The first-order valence-corrected chi connectivity index (χ1v) is 7.24. The highest BCUT2D eigenvalue weighted by molar-refractivity contribution is 7.17. The fourth-order valence-corrected chi connectivity index (χ4v) is 3.05. The molecule has 2 nitrogen and oxygen atoms in total. The summed E-state index contributed by atoms with van der Waals surface area (Å²) in [6, 6.07) is 11.5. The molecule has 0 spiro atoms. The lowest BCUT2D eigenvalue weighted by atomic mass is 10.0. The van der Waals surface area contributed by atoms with Crippen LogP contribution in [0.2, 0.25) is 5.02 Å². The summed E-state index contributed by atoms with van der Waals surface area (Å²) >= 11 is 7.58. The molecule has 2 heterocycles. The number of aliphatic hydroxyl groups excluding tert-OH is 1. The number of aromatic nitrogens is 1. The molecule has 0 saturated heterocycles. The molecule has 0 radical (unpaired) electrons. The summed E-state index contributed by atoms with van der Waals surface area (Å²) in [5.74, 6) is 0. The maximum absolute atomic E-state index is 10.3. The zero-order valence-corrected chi connectivity index (χ0v) is 11.7. The predicted molar refractivity (Wildman–Crippen MR) is 79.7 cm³/mol. The Morgan fingerprint density at radius 1 is 1.26 bits per heavy atom. The average molecular weight is 290 g/mol. The number of rotatable bonds is 3. The van der Waals surface area contributed by atoms with Gasteiger partial charge in [0.1, 0.15) is 0 Å². The largest absolute Gasteiger partial charge is 0.388 e. The van der Waals surface area contributed by atoms with Crippen molar-refractivity contribution in [2.45, 2.75) is 12.5 Å². The smallest absolute Gasteiger partial charge is 0.0845 e. The molecular formula is C15H12ClNOS. The molecule has 1 unspecified atom stereocenters. The Bertz CT molecular complexity index is 710. The predicted octanol–water partition coefficient (Wildman–Crippen LogP) is 4.23. The Labute approximate surface area is 120 Å². The Morgan fingerprint density at radius 2 is 2.16 bits per heavy atom. The number of thiophene rings is 1. The second-order valence-corrected chi connectivity index (χ2v) is 5.81. The van der Waals surface area contributed by atoms with Crippen LogP contribution in [-0.4, -0.2) is 10.1 Å². The van der Waals surface area contributed by atoms with Gasteiger partial charge in [0.15, 0.2) is 0 Å². The van der Waals surface area contributed by atoms with Crippen molar-refractivity contribution >= 4 is 33.2 Å². The van der Waals surface area contributed by atoms with E-state index >= 15 is 0 Å². The van der Waals surface area contributed by atoms with Crippen molar-refractivity contribution in [2.24, 2.45) is 0 Å². The first kappa shape index (κ1) is 12.6. The lowest BCUT2D eigenvalue weighted by Crippen LogP contribution is -2.02. The lowest BCUT2D eigenvalue weighted by molar-refractivity contribution is 0.178. The Balaban J connectivity index is 1.84. The molecule has 0 amide bonds. The maximum atomic E-state index is 10.3. The summed E-state index contributed by atoms with van der Waals surface area (Å²) in [4.78, 5) is 4.35. The standard InChI is InChI=1S/C15H12ClNOS/c16-12-3-1-2-10(6-12)7-14(18)11-8-15-13(17-9-11)4-5-19-15/h1-6,8-9,14,18H,7H2. The minimum absolute atomic E-state index is 0.541. The lowest BCUT2D eigenvalue weighted by Gasteiger charge is -2.11. The fourth-order valence-electron chi connectivity index (χ4n) is 2.05. The number of halogens is 1. The van der Waals surface area contributed by atoms with E-state index in [1.54, 1.807) is 17.5 Å². The summed E-state index contributed by atoms with van der Waals surface area (Å²) in [5.41, 5.74) is 2.84. The van der Waals surface area contributed by atoms with Gasteiger partial charge in [-0.05, 0) is 35.2 Å². The monoisotopic (exact) mass is 289 g/mol. The van der Waals surface area contributed by atoms with E-state index in [9.17, 15) is 5.11 Å².